The second kappa shape index (κ2) is 8.62. The van der Waals surface area contributed by atoms with E-state index < -0.39 is 18.1 Å². The minimum Gasteiger partial charge on any atom is -0.359 e. The molecule has 3 aromatic rings. The molecule has 9 nitrogen and oxygen atoms in total. The van der Waals surface area contributed by atoms with E-state index in [1.54, 1.807) is 16.9 Å². The lowest BCUT2D eigenvalue weighted by molar-refractivity contribution is 0.0813. The van der Waals surface area contributed by atoms with Crippen LogP contribution in [0.4, 0.5) is 17.2 Å². The minimum absolute atomic E-state index is 0.299. The Morgan fingerprint density at radius 1 is 1.25 bits per heavy atom. The van der Waals surface area contributed by atoms with Gasteiger partial charge in [-0.15, -0.1) is 0 Å². The van der Waals surface area contributed by atoms with Crippen LogP contribution in [0.15, 0.2) is 24.7 Å². The highest BCUT2D eigenvalue weighted by molar-refractivity contribution is 7.92. The molecule has 0 aliphatic carbocycles. The second-order valence-corrected chi connectivity index (χ2v) is 17.0. The summed E-state index contributed by atoms with van der Waals surface area (Å²) in [5.41, 5.74) is 2.61. The summed E-state index contributed by atoms with van der Waals surface area (Å²) in [7, 11) is -4.61. The third-order valence-electron chi connectivity index (χ3n) is 5.33. The number of halogens is 1. The van der Waals surface area contributed by atoms with Crippen LogP contribution < -0.4 is 9.62 Å². The van der Waals surface area contributed by atoms with Crippen molar-refractivity contribution >= 4 is 57.9 Å². The predicted molar refractivity (Wildman–Crippen MR) is 130 cm³/mol. The van der Waals surface area contributed by atoms with Crippen LogP contribution in [0.1, 0.15) is 5.56 Å². The Morgan fingerprint density at radius 3 is 2.75 bits per heavy atom. The molecular weight excluding hydrogens is 468 g/mol. The Bertz CT molecular complexity index is 1260. The van der Waals surface area contributed by atoms with Crippen molar-refractivity contribution in [2.75, 3.05) is 29.0 Å². The van der Waals surface area contributed by atoms with Gasteiger partial charge in [-0.05, 0) is 24.1 Å². The fraction of sp³-hybridized carbons (Fsp3) is 0.450. The van der Waals surface area contributed by atoms with Gasteiger partial charge in [0.05, 0.1) is 34.2 Å². The van der Waals surface area contributed by atoms with Crippen LogP contribution in [0.3, 0.4) is 0 Å². The number of nitrogens with one attached hydrogen (secondary N) is 1. The van der Waals surface area contributed by atoms with E-state index in [9.17, 15) is 8.42 Å². The number of aromatic nitrogens is 4. The summed E-state index contributed by atoms with van der Waals surface area (Å²) in [5.74, 6) is 0.499. The SMILES string of the molecule is C[Si](C)(C)CCOCn1ncc2c(Nc3c(Cl)ccc4c3N(S(C)(=O)=O)CC4)ncnc21. The van der Waals surface area contributed by atoms with Gasteiger partial charge in [-0.25, -0.2) is 23.1 Å². The quantitative estimate of drug-likeness (QED) is 0.374. The topological polar surface area (TPSA) is 102 Å². The number of hydrogen-bond donors (Lipinski definition) is 1. The molecule has 0 saturated heterocycles. The van der Waals surface area contributed by atoms with Crippen LogP contribution in [0.2, 0.25) is 30.7 Å². The monoisotopic (exact) mass is 494 g/mol. The zero-order chi connectivity index (χ0) is 23.1. The summed E-state index contributed by atoms with van der Waals surface area (Å²) >= 11 is 6.49. The van der Waals surface area contributed by atoms with E-state index >= 15 is 0 Å². The Hall–Kier alpha value is -2.21. The van der Waals surface area contributed by atoms with Crippen molar-refractivity contribution in [3.63, 3.8) is 0 Å². The Kier molecular flexibility index (Phi) is 6.18. The Labute approximate surface area is 193 Å². The van der Waals surface area contributed by atoms with E-state index in [1.165, 1.54) is 16.9 Å². The highest BCUT2D eigenvalue weighted by atomic mass is 35.5. The van der Waals surface area contributed by atoms with Crippen LogP contribution in [0, 0.1) is 0 Å². The lowest BCUT2D eigenvalue weighted by atomic mass is 10.1. The molecule has 0 unspecified atom stereocenters. The van der Waals surface area contributed by atoms with Gasteiger partial charge in [-0.3, -0.25) is 4.31 Å². The van der Waals surface area contributed by atoms with E-state index in [2.05, 4.69) is 40.0 Å². The lowest BCUT2D eigenvalue weighted by Gasteiger charge is -2.21. The first-order chi connectivity index (χ1) is 15.0. The predicted octanol–water partition coefficient (Wildman–Crippen LogP) is 3.86. The summed E-state index contributed by atoms with van der Waals surface area (Å²) < 4.78 is 33.5. The van der Waals surface area contributed by atoms with Gasteiger partial charge in [0, 0.05) is 21.2 Å². The molecule has 0 amide bonds. The van der Waals surface area contributed by atoms with Gasteiger partial charge in [-0.2, -0.15) is 5.10 Å². The van der Waals surface area contributed by atoms with Crippen LogP contribution in [-0.2, 0) is 27.9 Å². The highest BCUT2D eigenvalue weighted by Gasteiger charge is 2.30. The number of rotatable bonds is 8. The molecule has 0 atom stereocenters. The molecule has 0 fully saturated rings. The fourth-order valence-corrected chi connectivity index (χ4v) is 5.54. The number of benzene rings is 1. The van der Waals surface area contributed by atoms with Crippen LogP contribution in [0.25, 0.3) is 11.0 Å². The second-order valence-electron chi connectivity index (χ2n) is 9.09. The Morgan fingerprint density at radius 2 is 2.03 bits per heavy atom. The normalized spacial score (nSPS) is 14.2. The summed E-state index contributed by atoms with van der Waals surface area (Å²) in [5, 5.41) is 8.75. The van der Waals surface area contributed by atoms with E-state index in [4.69, 9.17) is 16.3 Å². The zero-order valence-electron chi connectivity index (χ0n) is 18.6. The molecule has 12 heteroatoms. The first-order valence-corrected chi connectivity index (χ1v) is 16.3. The van der Waals surface area contributed by atoms with E-state index in [0.29, 0.717) is 59.6 Å². The first-order valence-electron chi connectivity index (χ1n) is 10.3. The van der Waals surface area contributed by atoms with Gasteiger partial charge >= 0.3 is 0 Å². The van der Waals surface area contributed by atoms with Gasteiger partial charge in [-0.1, -0.05) is 37.3 Å². The molecule has 4 rings (SSSR count). The van der Waals surface area contributed by atoms with E-state index in [1.807, 2.05) is 6.07 Å². The average molecular weight is 495 g/mol. The number of ether oxygens (including phenoxy) is 1. The smallest absolute Gasteiger partial charge is 0.232 e. The fourth-order valence-electron chi connectivity index (χ4n) is 3.62. The van der Waals surface area contributed by atoms with Crippen molar-refractivity contribution in [2.45, 2.75) is 38.8 Å². The molecule has 32 heavy (non-hydrogen) atoms. The van der Waals surface area contributed by atoms with E-state index in [-0.39, 0.29) is 0 Å². The van der Waals surface area contributed by atoms with Crippen molar-refractivity contribution in [1.29, 1.82) is 0 Å². The molecule has 0 spiro atoms. The minimum atomic E-state index is -3.44. The standard InChI is InChI=1S/C20H27ClN6O3SSi/c1-31(28,29)27-8-7-14-5-6-16(21)17(18(14)27)25-19-15-11-24-26(20(15)23-12-22-19)13-30-9-10-32(2,3)4/h5-6,11-12H,7-10,13H2,1-4H3,(H,22,23,25). The third kappa shape index (κ3) is 4.75. The molecular formula is C20H27ClN6O3SSi. The van der Waals surface area contributed by atoms with Crippen LogP contribution in [-0.4, -0.2) is 55.6 Å². The molecule has 0 radical (unpaired) electrons. The summed E-state index contributed by atoms with van der Waals surface area (Å²) in [6.45, 7) is 8.28. The summed E-state index contributed by atoms with van der Waals surface area (Å²) in [4.78, 5) is 8.72. The Balaban J connectivity index is 1.63. The summed E-state index contributed by atoms with van der Waals surface area (Å²) in [6, 6.07) is 4.70. The molecule has 1 N–H and O–H groups in total. The molecule has 0 saturated carbocycles. The zero-order valence-corrected chi connectivity index (χ0v) is 21.2. The summed E-state index contributed by atoms with van der Waals surface area (Å²) in [6.07, 6.45) is 4.93. The number of nitrogens with zero attached hydrogens (tertiary/aromatic N) is 5. The first kappa shape index (κ1) is 23.0. The van der Waals surface area contributed by atoms with Gasteiger partial charge < -0.3 is 10.1 Å². The number of sulfonamides is 1. The maximum atomic E-state index is 12.3. The van der Waals surface area contributed by atoms with Gasteiger partial charge in [0.1, 0.15) is 18.9 Å². The molecule has 1 aromatic carbocycles. The number of hydrogen-bond acceptors (Lipinski definition) is 7. The van der Waals surface area contributed by atoms with Gasteiger partial charge in [0.2, 0.25) is 10.0 Å². The van der Waals surface area contributed by atoms with Crippen molar-refractivity contribution in [3.05, 3.63) is 35.2 Å². The number of anilines is 3. The van der Waals surface area contributed by atoms with Crippen molar-refractivity contribution < 1.29 is 13.2 Å². The third-order valence-corrected chi connectivity index (χ3v) is 8.52. The average Bonchev–Trinajstić information content (AvgIpc) is 3.31. The van der Waals surface area contributed by atoms with Crippen molar-refractivity contribution in [3.8, 4) is 0 Å². The van der Waals surface area contributed by atoms with Gasteiger partial charge in [0.25, 0.3) is 0 Å². The maximum Gasteiger partial charge on any atom is 0.232 e. The molecule has 3 heterocycles. The van der Waals surface area contributed by atoms with E-state index in [0.717, 1.165) is 11.6 Å². The van der Waals surface area contributed by atoms with Crippen molar-refractivity contribution in [1.82, 2.24) is 19.7 Å². The maximum absolute atomic E-state index is 12.3. The molecule has 1 aliphatic heterocycles. The lowest BCUT2D eigenvalue weighted by Crippen LogP contribution is -2.28. The van der Waals surface area contributed by atoms with Crippen LogP contribution in [0.5, 0.6) is 0 Å². The van der Waals surface area contributed by atoms with Crippen LogP contribution >= 0.6 is 11.6 Å². The molecule has 2 aromatic heterocycles. The van der Waals surface area contributed by atoms with Crippen molar-refractivity contribution in [2.24, 2.45) is 0 Å². The number of fused-ring (bicyclic) bond motifs is 2. The molecule has 0 bridgehead atoms. The largest absolute Gasteiger partial charge is 0.359 e. The molecule has 172 valence electrons. The molecule has 1 aliphatic rings. The van der Waals surface area contributed by atoms with Gasteiger partial charge in [0.15, 0.2) is 5.65 Å². The highest BCUT2D eigenvalue weighted by Crippen LogP contribution is 2.43.